The highest BCUT2D eigenvalue weighted by atomic mass is 16.5. The van der Waals surface area contributed by atoms with Crippen LogP contribution in [0.3, 0.4) is 0 Å². The summed E-state index contributed by atoms with van der Waals surface area (Å²) in [5, 5.41) is 13.2. The van der Waals surface area contributed by atoms with Crippen LogP contribution < -0.4 is 5.32 Å². The Morgan fingerprint density at radius 2 is 1.94 bits per heavy atom. The third kappa shape index (κ3) is 3.31. The first-order chi connectivity index (χ1) is 8.76. The molecule has 1 saturated heterocycles. The Balaban J connectivity index is 1.90. The van der Waals surface area contributed by atoms with E-state index in [2.05, 4.69) is 36.5 Å². The van der Waals surface area contributed by atoms with Crippen LogP contribution in [0.15, 0.2) is 30.3 Å². The van der Waals surface area contributed by atoms with Crippen molar-refractivity contribution in [2.75, 3.05) is 26.4 Å². The van der Waals surface area contributed by atoms with E-state index in [9.17, 15) is 5.11 Å². The second kappa shape index (κ2) is 6.32. The molecule has 100 valence electrons. The molecule has 1 aliphatic rings. The monoisotopic (exact) mass is 249 g/mol. The summed E-state index contributed by atoms with van der Waals surface area (Å²) in [5.74, 6) is 0.456. The maximum absolute atomic E-state index is 9.61. The van der Waals surface area contributed by atoms with E-state index in [1.165, 1.54) is 5.56 Å². The molecule has 0 amide bonds. The molecule has 0 aliphatic carbocycles. The van der Waals surface area contributed by atoms with Gasteiger partial charge in [0.15, 0.2) is 0 Å². The molecule has 1 aromatic carbocycles. The molecule has 1 unspecified atom stereocenters. The lowest BCUT2D eigenvalue weighted by Gasteiger charge is -2.37. The fraction of sp³-hybridized carbons (Fsp3) is 0.600. The number of hydrogen-bond donors (Lipinski definition) is 2. The quantitative estimate of drug-likeness (QED) is 0.837. The van der Waals surface area contributed by atoms with E-state index >= 15 is 0 Å². The largest absolute Gasteiger partial charge is 0.394 e. The molecule has 1 atom stereocenters. The molecule has 0 radical (unpaired) electrons. The van der Waals surface area contributed by atoms with E-state index in [0.717, 1.165) is 32.6 Å². The highest BCUT2D eigenvalue weighted by molar-refractivity contribution is 5.19. The van der Waals surface area contributed by atoms with Gasteiger partial charge in [-0.1, -0.05) is 37.3 Å². The van der Waals surface area contributed by atoms with Crippen molar-refractivity contribution in [1.29, 1.82) is 0 Å². The second-order valence-electron chi connectivity index (χ2n) is 5.24. The molecule has 1 aromatic rings. The molecule has 1 heterocycles. The first-order valence-electron chi connectivity index (χ1n) is 6.74. The Morgan fingerprint density at radius 3 is 2.56 bits per heavy atom. The third-order valence-electron chi connectivity index (χ3n) is 3.90. The van der Waals surface area contributed by atoms with E-state index in [1.54, 1.807) is 0 Å². The molecule has 1 fully saturated rings. The summed E-state index contributed by atoms with van der Waals surface area (Å²) < 4.78 is 5.37. The van der Waals surface area contributed by atoms with Gasteiger partial charge < -0.3 is 15.2 Å². The van der Waals surface area contributed by atoms with Crippen LogP contribution in [0.2, 0.25) is 0 Å². The topological polar surface area (TPSA) is 41.5 Å². The number of nitrogens with one attached hydrogen (secondary N) is 1. The molecule has 0 saturated carbocycles. The van der Waals surface area contributed by atoms with Gasteiger partial charge in [-0.15, -0.1) is 0 Å². The molecule has 0 aromatic heterocycles. The summed E-state index contributed by atoms with van der Waals surface area (Å²) in [6.07, 6.45) is 1.79. The molecular weight excluding hydrogens is 226 g/mol. The highest BCUT2D eigenvalue weighted by Crippen LogP contribution is 2.22. The molecule has 0 bridgehead atoms. The van der Waals surface area contributed by atoms with Crippen molar-refractivity contribution in [2.45, 2.75) is 31.2 Å². The predicted molar refractivity (Wildman–Crippen MR) is 72.7 cm³/mol. The van der Waals surface area contributed by atoms with Crippen molar-refractivity contribution in [3.8, 4) is 0 Å². The maximum atomic E-state index is 9.61. The smallest absolute Gasteiger partial charge is 0.0615 e. The van der Waals surface area contributed by atoms with Gasteiger partial charge in [-0.2, -0.15) is 0 Å². The Morgan fingerprint density at radius 1 is 1.28 bits per heavy atom. The Hall–Kier alpha value is -0.900. The van der Waals surface area contributed by atoms with Crippen molar-refractivity contribution in [3.63, 3.8) is 0 Å². The predicted octanol–water partition coefficient (Wildman–Crippen LogP) is 1.92. The van der Waals surface area contributed by atoms with Crippen molar-refractivity contribution in [3.05, 3.63) is 35.9 Å². The fourth-order valence-corrected chi connectivity index (χ4v) is 2.42. The first kappa shape index (κ1) is 13.5. The van der Waals surface area contributed by atoms with Crippen molar-refractivity contribution in [1.82, 2.24) is 5.32 Å². The maximum Gasteiger partial charge on any atom is 0.0615 e. The number of ether oxygens (including phenoxy) is 1. The zero-order chi connectivity index (χ0) is 12.8. The van der Waals surface area contributed by atoms with Crippen LogP contribution in [0, 0.1) is 0 Å². The minimum absolute atomic E-state index is 0.138. The van der Waals surface area contributed by atoms with Gasteiger partial charge in [0.25, 0.3) is 0 Å². The number of benzene rings is 1. The second-order valence-corrected chi connectivity index (χ2v) is 5.24. The van der Waals surface area contributed by atoms with Crippen molar-refractivity contribution >= 4 is 0 Å². The summed E-state index contributed by atoms with van der Waals surface area (Å²) in [5.41, 5.74) is 1.20. The summed E-state index contributed by atoms with van der Waals surface area (Å²) in [6.45, 7) is 4.79. The van der Waals surface area contributed by atoms with E-state index in [-0.39, 0.29) is 12.1 Å². The average Bonchev–Trinajstić information content (AvgIpc) is 2.47. The number of rotatable bonds is 5. The molecule has 1 aliphatic heterocycles. The molecule has 18 heavy (non-hydrogen) atoms. The third-order valence-corrected chi connectivity index (χ3v) is 3.90. The van der Waals surface area contributed by atoms with Gasteiger partial charge in [0.2, 0.25) is 0 Å². The Bertz CT molecular complexity index is 347. The van der Waals surface area contributed by atoms with E-state index in [0.29, 0.717) is 5.92 Å². The van der Waals surface area contributed by atoms with Gasteiger partial charge in [0.05, 0.1) is 6.61 Å². The van der Waals surface area contributed by atoms with Gasteiger partial charge in [0.1, 0.15) is 0 Å². The summed E-state index contributed by atoms with van der Waals surface area (Å²) in [4.78, 5) is 0. The minimum Gasteiger partial charge on any atom is -0.394 e. The lowest BCUT2D eigenvalue weighted by atomic mass is 9.89. The number of hydrogen-bond acceptors (Lipinski definition) is 3. The van der Waals surface area contributed by atoms with E-state index in [1.807, 2.05) is 6.07 Å². The van der Waals surface area contributed by atoms with Gasteiger partial charge in [-0.3, -0.25) is 0 Å². The van der Waals surface area contributed by atoms with E-state index in [4.69, 9.17) is 4.74 Å². The molecule has 2 N–H and O–H groups in total. The average molecular weight is 249 g/mol. The number of aliphatic hydroxyl groups is 1. The van der Waals surface area contributed by atoms with Crippen molar-refractivity contribution < 1.29 is 9.84 Å². The highest BCUT2D eigenvalue weighted by Gasteiger charge is 2.31. The molecule has 0 spiro atoms. The van der Waals surface area contributed by atoms with Crippen LogP contribution in [0.1, 0.15) is 31.2 Å². The van der Waals surface area contributed by atoms with Gasteiger partial charge in [-0.05, 0) is 24.3 Å². The van der Waals surface area contributed by atoms with Crippen LogP contribution in [0.4, 0.5) is 0 Å². The summed E-state index contributed by atoms with van der Waals surface area (Å²) in [7, 11) is 0. The van der Waals surface area contributed by atoms with Crippen molar-refractivity contribution in [2.24, 2.45) is 0 Å². The van der Waals surface area contributed by atoms with Gasteiger partial charge in [-0.25, -0.2) is 0 Å². The van der Waals surface area contributed by atoms with Crippen LogP contribution in [0.25, 0.3) is 0 Å². The van der Waals surface area contributed by atoms with Crippen LogP contribution >= 0.6 is 0 Å². The zero-order valence-corrected chi connectivity index (χ0v) is 11.1. The normalized spacial score (nSPS) is 20.6. The molecule has 3 nitrogen and oxygen atoms in total. The van der Waals surface area contributed by atoms with Gasteiger partial charge in [0, 0.05) is 25.3 Å². The lowest BCUT2D eigenvalue weighted by Crippen LogP contribution is -2.53. The van der Waals surface area contributed by atoms with Crippen LogP contribution in [-0.4, -0.2) is 37.0 Å². The molecule has 3 heteroatoms. The zero-order valence-electron chi connectivity index (χ0n) is 11.1. The van der Waals surface area contributed by atoms with Gasteiger partial charge >= 0.3 is 0 Å². The SMILES string of the molecule is CC(CNC1(CO)CCOCC1)c1ccccc1. The summed E-state index contributed by atoms with van der Waals surface area (Å²) in [6, 6.07) is 10.5. The molecular formula is C15H23NO2. The summed E-state index contributed by atoms with van der Waals surface area (Å²) >= 11 is 0. The Kier molecular flexibility index (Phi) is 4.75. The molecule has 2 rings (SSSR count). The van der Waals surface area contributed by atoms with E-state index < -0.39 is 0 Å². The van der Waals surface area contributed by atoms with Crippen LogP contribution in [-0.2, 0) is 4.74 Å². The number of aliphatic hydroxyl groups excluding tert-OH is 1. The fourth-order valence-electron chi connectivity index (χ4n) is 2.42. The lowest BCUT2D eigenvalue weighted by molar-refractivity contribution is 0.0116. The minimum atomic E-state index is -0.138. The first-order valence-corrected chi connectivity index (χ1v) is 6.74. The standard InChI is InChI=1S/C15H23NO2/c1-13(14-5-3-2-4-6-14)11-16-15(12-17)7-9-18-10-8-15/h2-6,13,16-17H,7-12H2,1H3. The Labute approximate surface area is 109 Å². The van der Waals surface area contributed by atoms with Crippen LogP contribution in [0.5, 0.6) is 0 Å².